The van der Waals surface area contributed by atoms with Gasteiger partial charge < -0.3 is 10.0 Å². The number of nitrogens with zero attached hydrogens (tertiary/aromatic N) is 1. The van der Waals surface area contributed by atoms with Gasteiger partial charge in [-0.05, 0) is 60.6 Å². The molecule has 3 rings (SSSR count). The van der Waals surface area contributed by atoms with Gasteiger partial charge in [-0.2, -0.15) is 13.2 Å². The van der Waals surface area contributed by atoms with E-state index in [0.717, 1.165) is 24.6 Å². The van der Waals surface area contributed by atoms with Gasteiger partial charge in [0.2, 0.25) is 0 Å². The zero-order valence-corrected chi connectivity index (χ0v) is 19.4. The molecule has 33 heavy (non-hydrogen) atoms. The lowest BCUT2D eigenvalue weighted by molar-refractivity contribution is -0.137. The largest absolute Gasteiger partial charge is 0.478 e. The molecule has 6 nitrogen and oxygen atoms in total. The van der Waals surface area contributed by atoms with Gasteiger partial charge in [0, 0.05) is 13.1 Å². The molecule has 1 fully saturated rings. The van der Waals surface area contributed by atoms with Gasteiger partial charge in [0.25, 0.3) is 10.0 Å². The van der Waals surface area contributed by atoms with Crippen LogP contribution in [0.3, 0.4) is 0 Å². The molecule has 2 aromatic rings. The SMILES string of the molecule is CCc1ccc(C(=O)O)cc1S(=O)(=O)Nc1cc(C(F)(F)F)ccc1N1C[C@H](C)C[C@H](C)C1. The minimum atomic E-state index is -4.65. The van der Waals surface area contributed by atoms with E-state index in [-0.39, 0.29) is 16.1 Å². The molecule has 1 aliphatic rings. The molecule has 10 heteroatoms. The number of anilines is 2. The second-order valence-corrected chi connectivity index (χ2v) is 10.3. The number of carboxylic acid groups (broad SMARTS) is 1. The summed E-state index contributed by atoms with van der Waals surface area (Å²) in [6.45, 7) is 6.96. The molecule has 1 heterocycles. The second-order valence-electron chi connectivity index (χ2n) is 8.67. The number of aryl methyl sites for hydroxylation is 1. The Kier molecular flexibility index (Phi) is 6.97. The molecule has 0 amide bonds. The van der Waals surface area contributed by atoms with Crippen molar-refractivity contribution in [3.05, 3.63) is 53.1 Å². The first-order valence-electron chi connectivity index (χ1n) is 10.7. The summed E-state index contributed by atoms with van der Waals surface area (Å²) in [6.07, 6.45) is -3.38. The zero-order chi connectivity index (χ0) is 24.6. The molecule has 0 unspecified atom stereocenters. The Morgan fingerprint density at radius 3 is 2.30 bits per heavy atom. The molecule has 0 spiro atoms. The summed E-state index contributed by atoms with van der Waals surface area (Å²) >= 11 is 0. The number of rotatable bonds is 6. The van der Waals surface area contributed by atoms with Gasteiger partial charge in [0.05, 0.1) is 27.4 Å². The number of halogens is 3. The maximum atomic E-state index is 13.4. The average molecular weight is 485 g/mol. The van der Waals surface area contributed by atoms with Crippen LogP contribution in [0.15, 0.2) is 41.3 Å². The third-order valence-corrected chi connectivity index (χ3v) is 7.21. The topological polar surface area (TPSA) is 86.7 Å². The number of carbonyl (C=O) groups is 1. The van der Waals surface area contributed by atoms with Crippen LogP contribution in [0.25, 0.3) is 0 Å². The predicted molar refractivity (Wildman–Crippen MR) is 120 cm³/mol. The van der Waals surface area contributed by atoms with Crippen LogP contribution >= 0.6 is 0 Å². The molecular weight excluding hydrogens is 457 g/mol. The lowest BCUT2D eigenvalue weighted by atomic mass is 9.91. The maximum absolute atomic E-state index is 13.4. The van der Waals surface area contributed by atoms with Crippen LogP contribution < -0.4 is 9.62 Å². The van der Waals surface area contributed by atoms with Crippen LogP contribution in [-0.2, 0) is 22.6 Å². The molecule has 0 saturated carbocycles. The molecule has 2 aromatic carbocycles. The van der Waals surface area contributed by atoms with Crippen molar-refractivity contribution in [3.63, 3.8) is 0 Å². The molecule has 1 saturated heterocycles. The van der Waals surface area contributed by atoms with Crippen LogP contribution in [-0.4, -0.2) is 32.6 Å². The van der Waals surface area contributed by atoms with Crippen molar-refractivity contribution in [2.45, 2.75) is 44.7 Å². The standard InChI is InChI=1S/C23H27F3N2O4S/c1-4-16-5-6-17(22(29)30)10-21(16)33(31,32)27-19-11-18(23(24,25)26)7-8-20(19)28-12-14(2)9-15(3)13-28/h5-8,10-11,14-15,27H,4,9,12-13H2,1-3H3,(H,29,30)/t14-,15+. The quantitative estimate of drug-likeness (QED) is 0.585. The fraction of sp³-hybridized carbons (Fsp3) is 0.435. The van der Waals surface area contributed by atoms with Crippen LogP contribution in [0.5, 0.6) is 0 Å². The molecule has 0 aromatic heterocycles. The van der Waals surface area contributed by atoms with Gasteiger partial charge in [0.1, 0.15) is 0 Å². The first-order valence-corrected chi connectivity index (χ1v) is 12.1. The van der Waals surface area contributed by atoms with Crippen molar-refractivity contribution in [2.24, 2.45) is 11.8 Å². The van der Waals surface area contributed by atoms with E-state index in [1.807, 2.05) is 18.7 Å². The Balaban J connectivity index is 2.11. The molecular formula is C23H27F3N2O4S. The van der Waals surface area contributed by atoms with Crippen molar-refractivity contribution in [2.75, 3.05) is 22.7 Å². The number of aromatic carboxylic acids is 1. The first-order chi connectivity index (χ1) is 15.3. The van der Waals surface area contributed by atoms with E-state index in [9.17, 15) is 31.5 Å². The highest BCUT2D eigenvalue weighted by Gasteiger charge is 2.33. The summed E-state index contributed by atoms with van der Waals surface area (Å²) in [7, 11) is -4.37. The van der Waals surface area contributed by atoms with Gasteiger partial charge in [-0.1, -0.05) is 26.8 Å². The number of carboxylic acids is 1. The summed E-state index contributed by atoms with van der Waals surface area (Å²) in [5.74, 6) is -0.718. The molecule has 0 radical (unpaired) electrons. The van der Waals surface area contributed by atoms with Crippen LogP contribution in [0, 0.1) is 11.8 Å². The number of hydrogen-bond acceptors (Lipinski definition) is 4. The fourth-order valence-corrected chi connectivity index (χ4v) is 5.76. The molecule has 1 aliphatic heterocycles. The maximum Gasteiger partial charge on any atom is 0.416 e. The van der Waals surface area contributed by atoms with Crippen molar-refractivity contribution in [1.82, 2.24) is 0 Å². The van der Waals surface area contributed by atoms with Crippen molar-refractivity contribution >= 4 is 27.4 Å². The predicted octanol–water partition coefficient (Wildman–Crippen LogP) is 5.25. The van der Waals surface area contributed by atoms with Gasteiger partial charge in [0.15, 0.2) is 0 Å². The molecule has 2 atom stereocenters. The molecule has 180 valence electrons. The Morgan fingerprint density at radius 1 is 1.12 bits per heavy atom. The number of nitrogens with one attached hydrogen (secondary N) is 1. The second kappa shape index (κ2) is 9.24. The summed E-state index contributed by atoms with van der Waals surface area (Å²) < 4.78 is 69.2. The smallest absolute Gasteiger partial charge is 0.416 e. The summed E-state index contributed by atoms with van der Waals surface area (Å²) in [6, 6.07) is 6.76. The van der Waals surface area contributed by atoms with E-state index in [0.29, 0.717) is 42.6 Å². The number of benzene rings is 2. The summed E-state index contributed by atoms with van der Waals surface area (Å²) in [5, 5.41) is 9.27. The highest BCUT2D eigenvalue weighted by Crippen LogP contribution is 2.38. The minimum absolute atomic E-state index is 0.186. The third-order valence-electron chi connectivity index (χ3n) is 5.76. The van der Waals surface area contributed by atoms with Crippen LogP contribution in [0.4, 0.5) is 24.5 Å². The van der Waals surface area contributed by atoms with Gasteiger partial charge in [-0.25, -0.2) is 13.2 Å². The normalized spacial score (nSPS) is 19.4. The van der Waals surface area contributed by atoms with Crippen LogP contribution in [0.1, 0.15) is 48.7 Å². The Morgan fingerprint density at radius 2 is 1.76 bits per heavy atom. The monoisotopic (exact) mass is 484 g/mol. The van der Waals surface area contributed by atoms with E-state index >= 15 is 0 Å². The molecule has 0 bridgehead atoms. The lowest BCUT2D eigenvalue weighted by Crippen LogP contribution is -2.39. The third kappa shape index (κ3) is 5.61. The van der Waals surface area contributed by atoms with Gasteiger partial charge >= 0.3 is 12.1 Å². The Labute approximate surface area is 191 Å². The minimum Gasteiger partial charge on any atom is -0.478 e. The van der Waals surface area contributed by atoms with E-state index in [1.54, 1.807) is 6.92 Å². The van der Waals surface area contributed by atoms with Crippen LogP contribution in [0.2, 0.25) is 0 Å². The van der Waals surface area contributed by atoms with E-state index in [2.05, 4.69) is 4.72 Å². The number of alkyl halides is 3. The molecule has 2 N–H and O–H groups in total. The zero-order valence-electron chi connectivity index (χ0n) is 18.6. The van der Waals surface area contributed by atoms with Crippen molar-refractivity contribution in [3.8, 4) is 0 Å². The Hall–Kier alpha value is -2.75. The first kappa shape index (κ1) is 24.9. The van der Waals surface area contributed by atoms with Gasteiger partial charge in [-0.3, -0.25) is 4.72 Å². The highest BCUT2D eigenvalue weighted by molar-refractivity contribution is 7.92. The van der Waals surface area contributed by atoms with E-state index in [1.165, 1.54) is 18.2 Å². The fourth-order valence-electron chi connectivity index (χ4n) is 4.36. The Bertz CT molecular complexity index is 1140. The van der Waals surface area contributed by atoms with Crippen molar-refractivity contribution < 1.29 is 31.5 Å². The molecule has 0 aliphatic carbocycles. The van der Waals surface area contributed by atoms with E-state index in [4.69, 9.17) is 0 Å². The lowest BCUT2D eigenvalue weighted by Gasteiger charge is -2.37. The number of sulfonamides is 1. The van der Waals surface area contributed by atoms with Gasteiger partial charge in [-0.15, -0.1) is 0 Å². The highest BCUT2D eigenvalue weighted by atomic mass is 32.2. The number of hydrogen-bond donors (Lipinski definition) is 2. The number of piperidine rings is 1. The average Bonchev–Trinajstić information content (AvgIpc) is 2.71. The summed E-state index contributed by atoms with van der Waals surface area (Å²) in [5.41, 5.74) is -0.667. The summed E-state index contributed by atoms with van der Waals surface area (Å²) in [4.78, 5) is 13.0. The van der Waals surface area contributed by atoms with E-state index < -0.39 is 27.7 Å². The van der Waals surface area contributed by atoms with Crippen molar-refractivity contribution in [1.29, 1.82) is 0 Å².